The van der Waals surface area contributed by atoms with Crippen LogP contribution in [0.2, 0.25) is 0 Å². The van der Waals surface area contributed by atoms with Gasteiger partial charge in [-0.3, -0.25) is 9.89 Å². The summed E-state index contributed by atoms with van der Waals surface area (Å²) in [5, 5.41) is 11.0. The van der Waals surface area contributed by atoms with Gasteiger partial charge in [0.1, 0.15) is 18.2 Å². The lowest BCUT2D eigenvalue weighted by atomic mass is 9.98. The van der Waals surface area contributed by atoms with Crippen LogP contribution in [-0.4, -0.2) is 68.9 Å². The summed E-state index contributed by atoms with van der Waals surface area (Å²) in [6.07, 6.45) is 2.39. The molecule has 10 nitrogen and oxygen atoms in total. The Balaban J connectivity index is 1.33. The lowest BCUT2D eigenvalue weighted by Crippen LogP contribution is -2.54. The van der Waals surface area contributed by atoms with Crippen LogP contribution in [0.4, 0.5) is 9.59 Å². The first-order chi connectivity index (χ1) is 18.7. The van der Waals surface area contributed by atoms with Crippen LogP contribution < -0.4 is 5.32 Å². The fourth-order valence-electron chi connectivity index (χ4n) is 5.27. The maximum Gasteiger partial charge on any atom is 0.410 e. The van der Waals surface area contributed by atoms with Gasteiger partial charge in [-0.1, -0.05) is 36.4 Å². The number of likely N-dealkylation sites (tertiary alicyclic amines) is 1. The Bertz CT molecular complexity index is 1340. The van der Waals surface area contributed by atoms with E-state index in [0.29, 0.717) is 38.9 Å². The van der Waals surface area contributed by atoms with Gasteiger partial charge in [-0.05, 0) is 56.4 Å². The Morgan fingerprint density at radius 3 is 2.56 bits per heavy atom. The van der Waals surface area contributed by atoms with Crippen molar-refractivity contribution in [2.45, 2.75) is 70.9 Å². The van der Waals surface area contributed by atoms with E-state index in [1.54, 1.807) is 11.1 Å². The summed E-state index contributed by atoms with van der Waals surface area (Å²) in [6, 6.07) is 12.5. The Labute approximate surface area is 227 Å². The zero-order valence-corrected chi connectivity index (χ0v) is 22.6. The third-order valence-electron chi connectivity index (χ3n) is 7.23. The summed E-state index contributed by atoms with van der Waals surface area (Å²) in [6.45, 7) is 7.04. The van der Waals surface area contributed by atoms with Gasteiger partial charge >= 0.3 is 12.2 Å². The third-order valence-corrected chi connectivity index (χ3v) is 7.23. The highest BCUT2D eigenvalue weighted by atomic mass is 16.6. The minimum absolute atomic E-state index is 0.0890. The number of fused-ring (bicyclic) bond motifs is 3. The molecule has 1 fully saturated rings. The van der Waals surface area contributed by atoms with E-state index in [2.05, 4.69) is 15.5 Å². The molecule has 0 spiro atoms. The smallest absolute Gasteiger partial charge is 0.410 e. The Kier molecular flexibility index (Phi) is 7.45. The number of hydrogen-bond donors (Lipinski definition) is 2. The van der Waals surface area contributed by atoms with Gasteiger partial charge < -0.3 is 24.6 Å². The van der Waals surface area contributed by atoms with Crippen LogP contribution in [0.25, 0.3) is 10.9 Å². The molecule has 3 amide bonds. The molecule has 0 radical (unpaired) electrons. The minimum atomic E-state index is -0.775. The van der Waals surface area contributed by atoms with Crippen molar-refractivity contribution in [3.63, 3.8) is 0 Å². The summed E-state index contributed by atoms with van der Waals surface area (Å²) in [7, 11) is 0. The zero-order valence-electron chi connectivity index (χ0n) is 22.6. The summed E-state index contributed by atoms with van der Waals surface area (Å²) in [5.74, 6) is -0.157. The van der Waals surface area contributed by atoms with E-state index in [1.165, 1.54) is 0 Å². The number of rotatable bonds is 4. The Morgan fingerprint density at radius 1 is 1.10 bits per heavy atom. The number of hydrogen-bond acceptors (Lipinski definition) is 6. The lowest BCUT2D eigenvalue weighted by Gasteiger charge is -2.39. The standard InChI is InChI=1S/C29H35N5O5/c1-29(2,3)39-28(37)33-13-11-21(12-14-33)34-17-23-20(9-10-24-22(23)16-30-32-24)15-25(26(34)35)31-27(36)38-18-19-7-5-4-6-8-19/h4-10,16,21,25H,11-15,17-18H2,1-3H3,(H,30,32)(H,31,36)/t25-/m1/s1. The van der Waals surface area contributed by atoms with E-state index in [-0.39, 0.29) is 24.6 Å². The monoisotopic (exact) mass is 533 g/mol. The number of H-pyrrole nitrogens is 1. The molecular formula is C29H35N5O5. The average molecular weight is 534 g/mol. The largest absolute Gasteiger partial charge is 0.445 e. The molecular weight excluding hydrogens is 498 g/mol. The van der Waals surface area contributed by atoms with Gasteiger partial charge in [-0.25, -0.2) is 9.59 Å². The second-order valence-corrected chi connectivity index (χ2v) is 11.2. The molecule has 2 aliphatic heterocycles. The van der Waals surface area contributed by atoms with Gasteiger partial charge in [0.25, 0.3) is 0 Å². The molecule has 10 heteroatoms. The number of nitrogens with zero attached hydrogens (tertiary/aromatic N) is 3. The van der Waals surface area contributed by atoms with Crippen molar-refractivity contribution in [2.75, 3.05) is 13.1 Å². The van der Waals surface area contributed by atoms with Crippen molar-refractivity contribution in [3.8, 4) is 0 Å². The highest BCUT2D eigenvalue weighted by Gasteiger charge is 2.38. The SMILES string of the molecule is CC(C)(C)OC(=O)N1CCC(N2Cc3c(ccc4[nH]ncc34)C[C@@H](NC(=O)OCc3ccccc3)C2=O)CC1. The Hall–Kier alpha value is -4.08. The third kappa shape index (κ3) is 6.16. The molecule has 1 atom stereocenters. The number of alkyl carbamates (subject to hydrolysis) is 1. The van der Waals surface area contributed by atoms with E-state index >= 15 is 0 Å². The predicted molar refractivity (Wildman–Crippen MR) is 145 cm³/mol. The van der Waals surface area contributed by atoms with E-state index in [1.807, 2.05) is 68.1 Å². The van der Waals surface area contributed by atoms with E-state index in [0.717, 1.165) is 27.6 Å². The first-order valence-corrected chi connectivity index (χ1v) is 13.4. The van der Waals surface area contributed by atoms with Crippen molar-refractivity contribution >= 4 is 29.0 Å². The van der Waals surface area contributed by atoms with E-state index < -0.39 is 17.7 Å². The fraction of sp³-hybridized carbons (Fsp3) is 0.448. The number of ether oxygens (including phenoxy) is 2. The first-order valence-electron chi connectivity index (χ1n) is 13.4. The van der Waals surface area contributed by atoms with Crippen LogP contribution in [-0.2, 0) is 33.8 Å². The lowest BCUT2D eigenvalue weighted by molar-refractivity contribution is -0.137. The maximum atomic E-state index is 13.9. The van der Waals surface area contributed by atoms with Crippen LogP contribution in [0, 0.1) is 0 Å². The molecule has 0 aliphatic carbocycles. The Morgan fingerprint density at radius 2 is 1.85 bits per heavy atom. The van der Waals surface area contributed by atoms with Gasteiger partial charge in [0.15, 0.2) is 0 Å². The summed E-state index contributed by atoms with van der Waals surface area (Å²) in [4.78, 5) is 42.8. The fourth-order valence-corrected chi connectivity index (χ4v) is 5.27. The first kappa shape index (κ1) is 26.5. The minimum Gasteiger partial charge on any atom is -0.445 e. The molecule has 2 aliphatic rings. The summed E-state index contributed by atoms with van der Waals surface area (Å²) >= 11 is 0. The van der Waals surface area contributed by atoms with Crippen LogP contribution in [0.1, 0.15) is 50.3 Å². The number of amides is 3. The number of carbonyl (C=O) groups excluding carboxylic acids is 3. The quantitative estimate of drug-likeness (QED) is 0.521. The molecule has 0 bridgehead atoms. The van der Waals surface area contributed by atoms with Crippen molar-refractivity contribution < 1.29 is 23.9 Å². The average Bonchev–Trinajstić information content (AvgIpc) is 3.34. The van der Waals surface area contributed by atoms with Gasteiger partial charge in [0, 0.05) is 37.5 Å². The van der Waals surface area contributed by atoms with Gasteiger partial charge in [0.2, 0.25) is 5.91 Å². The highest BCUT2D eigenvalue weighted by molar-refractivity contribution is 5.89. The van der Waals surface area contributed by atoms with Crippen LogP contribution in [0.3, 0.4) is 0 Å². The number of piperidine rings is 1. The normalized spacial score (nSPS) is 18.4. The number of nitrogens with one attached hydrogen (secondary N) is 2. The maximum absolute atomic E-state index is 13.9. The van der Waals surface area contributed by atoms with Crippen LogP contribution >= 0.6 is 0 Å². The molecule has 3 heterocycles. The molecule has 3 aromatic rings. The topological polar surface area (TPSA) is 117 Å². The second-order valence-electron chi connectivity index (χ2n) is 11.2. The molecule has 0 unspecified atom stereocenters. The number of benzene rings is 2. The van der Waals surface area contributed by atoms with Crippen LogP contribution in [0.15, 0.2) is 48.7 Å². The summed E-state index contributed by atoms with van der Waals surface area (Å²) in [5.41, 5.74) is 3.20. The van der Waals surface area contributed by atoms with E-state index in [9.17, 15) is 14.4 Å². The molecule has 2 N–H and O–H groups in total. The molecule has 206 valence electrons. The van der Waals surface area contributed by atoms with Gasteiger partial charge in [-0.2, -0.15) is 5.10 Å². The van der Waals surface area contributed by atoms with Gasteiger partial charge in [0.05, 0.1) is 11.7 Å². The highest BCUT2D eigenvalue weighted by Crippen LogP contribution is 2.30. The number of aromatic nitrogens is 2. The van der Waals surface area contributed by atoms with Gasteiger partial charge in [-0.15, -0.1) is 0 Å². The number of carbonyl (C=O) groups is 3. The molecule has 1 aromatic heterocycles. The summed E-state index contributed by atoms with van der Waals surface area (Å²) < 4.78 is 11.0. The molecule has 0 saturated carbocycles. The molecule has 39 heavy (non-hydrogen) atoms. The molecule has 1 saturated heterocycles. The zero-order chi connectivity index (χ0) is 27.6. The van der Waals surface area contributed by atoms with Crippen molar-refractivity contribution in [1.29, 1.82) is 0 Å². The van der Waals surface area contributed by atoms with E-state index in [4.69, 9.17) is 9.47 Å². The molecule has 2 aromatic carbocycles. The van der Waals surface area contributed by atoms with Crippen LogP contribution in [0.5, 0.6) is 0 Å². The van der Waals surface area contributed by atoms with Crippen molar-refractivity contribution in [1.82, 2.24) is 25.3 Å². The number of aromatic amines is 1. The second kappa shape index (κ2) is 11.0. The predicted octanol–water partition coefficient (Wildman–Crippen LogP) is 4.14. The molecule has 5 rings (SSSR count). The van der Waals surface area contributed by atoms with Crippen molar-refractivity contribution in [3.05, 3.63) is 65.4 Å². The van der Waals surface area contributed by atoms with Crippen molar-refractivity contribution in [2.24, 2.45) is 0 Å².